The summed E-state index contributed by atoms with van der Waals surface area (Å²) < 4.78 is 11.4. The van der Waals surface area contributed by atoms with Gasteiger partial charge in [0.2, 0.25) is 0 Å². The van der Waals surface area contributed by atoms with Crippen molar-refractivity contribution in [3.8, 4) is 5.75 Å². The molecule has 0 aliphatic heterocycles. The second-order valence-electron chi connectivity index (χ2n) is 4.62. The fraction of sp³-hybridized carbons (Fsp3) is 0.571. The molecule has 1 aliphatic rings. The summed E-state index contributed by atoms with van der Waals surface area (Å²) in [5.74, 6) is 0.926. The van der Waals surface area contributed by atoms with E-state index in [0.717, 1.165) is 30.6 Å². The number of hydrogen-bond donors (Lipinski definition) is 1. The minimum atomic E-state index is 0.279. The Morgan fingerprint density at radius 3 is 2.88 bits per heavy atom. The molecule has 0 saturated heterocycles. The van der Waals surface area contributed by atoms with E-state index in [1.54, 1.807) is 7.11 Å². The summed E-state index contributed by atoms with van der Waals surface area (Å²) >= 11 is 0. The highest BCUT2D eigenvalue weighted by Crippen LogP contribution is 2.25. The number of nitrogens with two attached hydrogens (primary N) is 1. The van der Waals surface area contributed by atoms with Gasteiger partial charge in [0.1, 0.15) is 11.9 Å². The summed E-state index contributed by atoms with van der Waals surface area (Å²) in [4.78, 5) is 0. The van der Waals surface area contributed by atoms with E-state index >= 15 is 0 Å². The summed E-state index contributed by atoms with van der Waals surface area (Å²) in [6, 6.07) is 8.03. The van der Waals surface area contributed by atoms with Crippen molar-refractivity contribution >= 4 is 0 Å². The molecule has 2 atom stereocenters. The maximum atomic E-state index is 5.99. The molecule has 0 bridgehead atoms. The fourth-order valence-corrected chi connectivity index (χ4v) is 2.36. The van der Waals surface area contributed by atoms with E-state index in [9.17, 15) is 0 Å². The third-order valence-corrected chi connectivity index (χ3v) is 3.35. The summed E-state index contributed by atoms with van der Waals surface area (Å²) in [6.07, 6.45) is 5.07. The Kier molecular flexibility index (Phi) is 4.40. The summed E-state index contributed by atoms with van der Waals surface area (Å²) in [7, 11) is 1.78. The second kappa shape index (κ2) is 6.03. The molecule has 0 heterocycles. The first-order chi connectivity index (χ1) is 8.31. The molecule has 3 nitrogen and oxygen atoms in total. The third-order valence-electron chi connectivity index (χ3n) is 3.35. The van der Waals surface area contributed by atoms with Gasteiger partial charge < -0.3 is 15.2 Å². The van der Waals surface area contributed by atoms with Crippen LogP contribution < -0.4 is 10.5 Å². The molecule has 2 rings (SSSR count). The molecule has 2 unspecified atom stereocenters. The van der Waals surface area contributed by atoms with E-state index in [1.165, 1.54) is 6.42 Å². The topological polar surface area (TPSA) is 44.5 Å². The van der Waals surface area contributed by atoms with E-state index in [-0.39, 0.29) is 6.10 Å². The third kappa shape index (κ3) is 3.45. The molecule has 1 aromatic rings. The van der Waals surface area contributed by atoms with Gasteiger partial charge in [-0.15, -0.1) is 0 Å². The van der Waals surface area contributed by atoms with Crippen LogP contribution in [-0.2, 0) is 11.3 Å². The fourth-order valence-electron chi connectivity index (χ4n) is 2.36. The number of benzene rings is 1. The zero-order valence-electron chi connectivity index (χ0n) is 10.4. The van der Waals surface area contributed by atoms with Crippen LogP contribution in [0.2, 0.25) is 0 Å². The molecule has 1 fully saturated rings. The van der Waals surface area contributed by atoms with Crippen LogP contribution in [0.1, 0.15) is 31.2 Å². The molecule has 0 spiro atoms. The molecule has 0 radical (unpaired) electrons. The molecule has 0 aromatic heterocycles. The maximum absolute atomic E-state index is 5.99. The Balaban J connectivity index is 1.95. The van der Waals surface area contributed by atoms with Crippen molar-refractivity contribution in [3.05, 3.63) is 29.8 Å². The first-order valence-corrected chi connectivity index (χ1v) is 6.30. The Bertz CT molecular complexity index is 354. The van der Waals surface area contributed by atoms with E-state index in [4.69, 9.17) is 15.2 Å². The molecule has 1 saturated carbocycles. The summed E-state index contributed by atoms with van der Waals surface area (Å²) in [6.45, 7) is 0.558. The van der Waals surface area contributed by atoms with Crippen LogP contribution in [-0.4, -0.2) is 19.3 Å². The van der Waals surface area contributed by atoms with Crippen LogP contribution in [0, 0.1) is 0 Å². The molecule has 0 amide bonds. The molecule has 3 heteroatoms. The Hall–Kier alpha value is -1.06. The number of hydrogen-bond acceptors (Lipinski definition) is 3. The number of methoxy groups -OCH3 is 1. The maximum Gasteiger partial charge on any atom is 0.120 e. The lowest BCUT2D eigenvalue weighted by Gasteiger charge is -2.28. The van der Waals surface area contributed by atoms with E-state index < -0.39 is 0 Å². The van der Waals surface area contributed by atoms with Crippen molar-refractivity contribution in [1.29, 1.82) is 0 Å². The van der Waals surface area contributed by atoms with Gasteiger partial charge in [0, 0.05) is 20.1 Å². The zero-order chi connectivity index (χ0) is 12.1. The predicted molar refractivity (Wildman–Crippen MR) is 68.0 cm³/mol. The van der Waals surface area contributed by atoms with Crippen LogP contribution in [0.25, 0.3) is 0 Å². The first kappa shape index (κ1) is 12.4. The van der Waals surface area contributed by atoms with Gasteiger partial charge >= 0.3 is 0 Å². The van der Waals surface area contributed by atoms with Gasteiger partial charge in [-0.1, -0.05) is 12.1 Å². The Labute approximate surface area is 103 Å². The predicted octanol–water partition coefficient (Wildman–Crippen LogP) is 2.48. The average Bonchev–Trinajstić information content (AvgIpc) is 2.39. The highest BCUT2D eigenvalue weighted by atomic mass is 16.5. The van der Waals surface area contributed by atoms with Crippen molar-refractivity contribution < 1.29 is 9.47 Å². The molecule has 17 heavy (non-hydrogen) atoms. The van der Waals surface area contributed by atoms with Crippen LogP contribution >= 0.6 is 0 Å². The molecule has 2 N–H and O–H groups in total. The van der Waals surface area contributed by atoms with Gasteiger partial charge in [0.25, 0.3) is 0 Å². The van der Waals surface area contributed by atoms with Crippen molar-refractivity contribution in [1.82, 2.24) is 0 Å². The van der Waals surface area contributed by atoms with E-state index in [1.807, 2.05) is 24.3 Å². The lowest BCUT2D eigenvalue weighted by atomic mass is 9.95. The van der Waals surface area contributed by atoms with Gasteiger partial charge in [0.15, 0.2) is 0 Å². The van der Waals surface area contributed by atoms with E-state index in [0.29, 0.717) is 12.6 Å². The normalized spacial score (nSPS) is 24.6. The number of rotatable bonds is 4. The van der Waals surface area contributed by atoms with Crippen LogP contribution in [0.5, 0.6) is 5.75 Å². The lowest BCUT2D eigenvalue weighted by Crippen LogP contribution is -2.29. The van der Waals surface area contributed by atoms with Gasteiger partial charge in [-0.05, 0) is 37.0 Å². The van der Waals surface area contributed by atoms with Crippen molar-refractivity contribution in [2.24, 2.45) is 5.73 Å². The summed E-state index contributed by atoms with van der Waals surface area (Å²) in [5.41, 5.74) is 6.73. The van der Waals surface area contributed by atoms with Crippen molar-refractivity contribution in [2.45, 2.75) is 44.4 Å². The van der Waals surface area contributed by atoms with Crippen LogP contribution in [0.4, 0.5) is 0 Å². The quantitative estimate of drug-likeness (QED) is 0.872. The molecule has 94 valence electrons. The van der Waals surface area contributed by atoms with Crippen LogP contribution in [0.15, 0.2) is 24.3 Å². The second-order valence-corrected chi connectivity index (χ2v) is 4.62. The van der Waals surface area contributed by atoms with Gasteiger partial charge in [-0.25, -0.2) is 0 Å². The SMILES string of the molecule is COC1CCCC(Oc2cccc(CN)c2)C1. The summed E-state index contributed by atoms with van der Waals surface area (Å²) in [5, 5.41) is 0. The standard InChI is InChI=1S/C14H21NO2/c1-16-12-5-3-7-14(9-12)17-13-6-2-4-11(8-13)10-15/h2,4,6,8,12,14H,3,5,7,9-10,15H2,1H3. The molecule has 1 aromatic carbocycles. The molecular weight excluding hydrogens is 214 g/mol. The number of ether oxygens (including phenoxy) is 2. The monoisotopic (exact) mass is 235 g/mol. The minimum absolute atomic E-state index is 0.279. The Morgan fingerprint density at radius 1 is 1.29 bits per heavy atom. The highest BCUT2D eigenvalue weighted by Gasteiger charge is 2.22. The minimum Gasteiger partial charge on any atom is -0.490 e. The lowest BCUT2D eigenvalue weighted by molar-refractivity contribution is 0.0209. The largest absolute Gasteiger partial charge is 0.490 e. The van der Waals surface area contributed by atoms with E-state index in [2.05, 4.69) is 0 Å². The van der Waals surface area contributed by atoms with Gasteiger partial charge in [-0.2, -0.15) is 0 Å². The van der Waals surface area contributed by atoms with Crippen LogP contribution in [0.3, 0.4) is 0 Å². The first-order valence-electron chi connectivity index (χ1n) is 6.30. The van der Waals surface area contributed by atoms with Crippen molar-refractivity contribution in [3.63, 3.8) is 0 Å². The van der Waals surface area contributed by atoms with Crippen molar-refractivity contribution in [2.75, 3.05) is 7.11 Å². The van der Waals surface area contributed by atoms with Gasteiger partial charge in [0.05, 0.1) is 6.10 Å². The Morgan fingerprint density at radius 2 is 2.12 bits per heavy atom. The molecule has 1 aliphatic carbocycles. The van der Waals surface area contributed by atoms with Gasteiger partial charge in [-0.3, -0.25) is 0 Å². The zero-order valence-corrected chi connectivity index (χ0v) is 10.4. The average molecular weight is 235 g/mol. The highest BCUT2D eigenvalue weighted by molar-refractivity contribution is 5.28. The smallest absolute Gasteiger partial charge is 0.120 e. The molecular formula is C14H21NO2.